The van der Waals surface area contributed by atoms with Crippen LogP contribution in [0.1, 0.15) is 20.8 Å². The minimum absolute atomic E-state index is 0.150. The van der Waals surface area contributed by atoms with Gasteiger partial charge in [0.25, 0.3) is 0 Å². The smallest absolute Gasteiger partial charge is 0.215 e. The molecule has 0 aromatic heterocycles. The third-order valence-corrected chi connectivity index (χ3v) is 4.13. The average Bonchev–Trinajstić information content (AvgIpc) is 2.23. The molecule has 104 valence electrons. The number of nitrogens with zero attached hydrogens (tertiary/aromatic N) is 1. The SMILES string of the molecule is CCNCCS(=O)(=O)N(CCOC)CC(C)C. The fourth-order valence-corrected chi connectivity index (χ4v) is 2.99. The lowest BCUT2D eigenvalue weighted by Crippen LogP contribution is -2.40. The summed E-state index contributed by atoms with van der Waals surface area (Å²) in [4.78, 5) is 0. The van der Waals surface area contributed by atoms with Gasteiger partial charge in [0.15, 0.2) is 0 Å². The number of hydrogen-bond donors (Lipinski definition) is 1. The first-order chi connectivity index (χ1) is 7.94. The highest BCUT2D eigenvalue weighted by atomic mass is 32.2. The van der Waals surface area contributed by atoms with Crippen LogP contribution >= 0.6 is 0 Å². The zero-order valence-electron chi connectivity index (χ0n) is 11.4. The van der Waals surface area contributed by atoms with Crippen LogP contribution in [0.15, 0.2) is 0 Å². The van der Waals surface area contributed by atoms with E-state index < -0.39 is 10.0 Å². The van der Waals surface area contributed by atoms with Crippen LogP contribution in [-0.4, -0.2) is 58.4 Å². The molecule has 0 fully saturated rings. The Morgan fingerprint density at radius 2 is 2.00 bits per heavy atom. The average molecular weight is 266 g/mol. The molecule has 0 aliphatic carbocycles. The molecule has 1 N–H and O–H groups in total. The van der Waals surface area contributed by atoms with Gasteiger partial charge < -0.3 is 10.1 Å². The predicted octanol–water partition coefficient (Wildman–Crippen LogP) is 0.530. The van der Waals surface area contributed by atoms with E-state index in [1.165, 1.54) is 4.31 Å². The molecule has 6 heteroatoms. The van der Waals surface area contributed by atoms with E-state index >= 15 is 0 Å². The molecule has 0 aliphatic heterocycles. The summed E-state index contributed by atoms with van der Waals surface area (Å²) < 4.78 is 30.6. The summed E-state index contributed by atoms with van der Waals surface area (Å²) in [5.74, 6) is 0.470. The second-order valence-electron chi connectivity index (χ2n) is 4.41. The zero-order valence-corrected chi connectivity index (χ0v) is 12.2. The van der Waals surface area contributed by atoms with Crippen LogP contribution in [0.5, 0.6) is 0 Å². The van der Waals surface area contributed by atoms with E-state index in [1.807, 2.05) is 20.8 Å². The van der Waals surface area contributed by atoms with E-state index in [-0.39, 0.29) is 5.75 Å². The molecular formula is C11H26N2O3S. The van der Waals surface area contributed by atoms with Crippen molar-refractivity contribution in [3.63, 3.8) is 0 Å². The molecule has 0 radical (unpaired) electrons. The Hall–Kier alpha value is -0.170. The van der Waals surface area contributed by atoms with Gasteiger partial charge in [-0.2, -0.15) is 4.31 Å². The Labute approximate surface area is 106 Å². The summed E-state index contributed by atoms with van der Waals surface area (Å²) in [6.07, 6.45) is 0. The third-order valence-electron chi connectivity index (χ3n) is 2.29. The number of methoxy groups -OCH3 is 1. The Bertz CT molecular complexity index is 278. The van der Waals surface area contributed by atoms with Crippen molar-refractivity contribution in [2.75, 3.05) is 45.6 Å². The summed E-state index contributed by atoms with van der Waals surface area (Å²) in [6.45, 7) is 8.70. The maximum absolute atomic E-state index is 12.1. The quantitative estimate of drug-likeness (QED) is 0.586. The number of sulfonamides is 1. The fraction of sp³-hybridized carbons (Fsp3) is 1.00. The van der Waals surface area contributed by atoms with Crippen LogP contribution in [0.2, 0.25) is 0 Å². The highest BCUT2D eigenvalue weighted by Crippen LogP contribution is 2.06. The summed E-state index contributed by atoms with van der Waals surface area (Å²) in [5.41, 5.74) is 0. The number of rotatable bonds is 10. The molecule has 0 aromatic rings. The number of ether oxygens (including phenoxy) is 1. The molecule has 0 atom stereocenters. The van der Waals surface area contributed by atoms with Crippen molar-refractivity contribution >= 4 is 10.0 Å². The van der Waals surface area contributed by atoms with Crippen LogP contribution in [0.4, 0.5) is 0 Å². The topological polar surface area (TPSA) is 58.6 Å². The first kappa shape index (κ1) is 16.8. The Morgan fingerprint density at radius 3 is 2.47 bits per heavy atom. The molecule has 0 unspecified atom stereocenters. The molecule has 0 heterocycles. The van der Waals surface area contributed by atoms with Gasteiger partial charge >= 0.3 is 0 Å². The van der Waals surface area contributed by atoms with Gasteiger partial charge in [-0.15, -0.1) is 0 Å². The molecule has 0 amide bonds. The van der Waals surface area contributed by atoms with Crippen molar-refractivity contribution < 1.29 is 13.2 Å². The Morgan fingerprint density at radius 1 is 1.35 bits per heavy atom. The molecular weight excluding hydrogens is 240 g/mol. The van der Waals surface area contributed by atoms with Gasteiger partial charge in [-0.25, -0.2) is 8.42 Å². The lowest BCUT2D eigenvalue weighted by molar-refractivity contribution is 0.175. The van der Waals surface area contributed by atoms with E-state index in [0.29, 0.717) is 32.2 Å². The highest BCUT2D eigenvalue weighted by Gasteiger charge is 2.21. The lowest BCUT2D eigenvalue weighted by atomic mass is 10.2. The van der Waals surface area contributed by atoms with Gasteiger partial charge in [0.05, 0.1) is 12.4 Å². The summed E-state index contributed by atoms with van der Waals surface area (Å²) in [6, 6.07) is 0. The molecule has 17 heavy (non-hydrogen) atoms. The molecule has 0 saturated heterocycles. The minimum Gasteiger partial charge on any atom is -0.383 e. The van der Waals surface area contributed by atoms with E-state index in [2.05, 4.69) is 5.32 Å². The lowest BCUT2D eigenvalue weighted by Gasteiger charge is -2.23. The van der Waals surface area contributed by atoms with Gasteiger partial charge in [-0.1, -0.05) is 20.8 Å². The van der Waals surface area contributed by atoms with Gasteiger partial charge in [0, 0.05) is 26.7 Å². The van der Waals surface area contributed by atoms with Crippen molar-refractivity contribution in [1.29, 1.82) is 0 Å². The van der Waals surface area contributed by atoms with E-state index in [9.17, 15) is 8.42 Å². The first-order valence-electron chi connectivity index (χ1n) is 6.11. The van der Waals surface area contributed by atoms with Crippen LogP contribution < -0.4 is 5.32 Å². The molecule has 0 bridgehead atoms. The standard InChI is InChI=1S/C11H26N2O3S/c1-5-12-6-9-17(14,15)13(7-8-16-4)10-11(2)3/h11-12H,5-10H2,1-4H3. The van der Waals surface area contributed by atoms with Gasteiger partial charge in [0.2, 0.25) is 10.0 Å². The van der Waals surface area contributed by atoms with Crippen molar-refractivity contribution in [3.05, 3.63) is 0 Å². The normalized spacial score (nSPS) is 12.6. The van der Waals surface area contributed by atoms with Crippen LogP contribution in [-0.2, 0) is 14.8 Å². The second kappa shape index (κ2) is 8.85. The van der Waals surface area contributed by atoms with Gasteiger partial charge in [0.1, 0.15) is 0 Å². The van der Waals surface area contributed by atoms with E-state index in [0.717, 1.165) is 6.54 Å². The van der Waals surface area contributed by atoms with E-state index in [1.54, 1.807) is 7.11 Å². The second-order valence-corrected chi connectivity index (χ2v) is 6.50. The predicted molar refractivity (Wildman–Crippen MR) is 70.6 cm³/mol. The van der Waals surface area contributed by atoms with E-state index in [4.69, 9.17) is 4.74 Å². The van der Waals surface area contributed by atoms with Crippen molar-refractivity contribution in [1.82, 2.24) is 9.62 Å². The zero-order chi connectivity index (χ0) is 13.3. The van der Waals surface area contributed by atoms with Gasteiger partial charge in [-0.05, 0) is 12.5 Å². The molecule has 0 aliphatic rings. The minimum atomic E-state index is -3.17. The molecule has 0 rings (SSSR count). The van der Waals surface area contributed by atoms with Gasteiger partial charge in [-0.3, -0.25) is 0 Å². The molecule has 0 saturated carbocycles. The van der Waals surface area contributed by atoms with Crippen LogP contribution in [0.3, 0.4) is 0 Å². The molecule has 0 spiro atoms. The monoisotopic (exact) mass is 266 g/mol. The number of hydrogen-bond acceptors (Lipinski definition) is 4. The van der Waals surface area contributed by atoms with Crippen LogP contribution in [0.25, 0.3) is 0 Å². The highest BCUT2D eigenvalue weighted by molar-refractivity contribution is 7.89. The van der Waals surface area contributed by atoms with Crippen LogP contribution in [0, 0.1) is 5.92 Å². The first-order valence-corrected chi connectivity index (χ1v) is 7.72. The molecule has 0 aromatic carbocycles. The maximum atomic E-state index is 12.1. The fourth-order valence-electron chi connectivity index (χ4n) is 1.45. The number of nitrogens with one attached hydrogen (secondary N) is 1. The Balaban J connectivity index is 4.41. The summed E-state index contributed by atoms with van der Waals surface area (Å²) >= 11 is 0. The van der Waals surface area contributed by atoms with Crippen molar-refractivity contribution in [2.45, 2.75) is 20.8 Å². The largest absolute Gasteiger partial charge is 0.383 e. The molecule has 5 nitrogen and oxygen atoms in total. The third kappa shape index (κ3) is 7.70. The summed E-state index contributed by atoms with van der Waals surface area (Å²) in [7, 11) is -1.59. The van der Waals surface area contributed by atoms with Crippen molar-refractivity contribution in [2.24, 2.45) is 5.92 Å². The van der Waals surface area contributed by atoms with Crippen molar-refractivity contribution in [3.8, 4) is 0 Å². The maximum Gasteiger partial charge on any atom is 0.215 e. The summed E-state index contributed by atoms with van der Waals surface area (Å²) in [5, 5.41) is 3.03. The Kier molecular flexibility index (Phi) is 8.77.